The number of hydrogen-bond acceptors (Lipinski definition) is 3. The number of hydrogen-bond donors (Lipinski definition) is 1. The number of ether oxygens (including phenoxy) is 2. The van der Waals surface area contributed by atoms with Crippen LogP contribution in [-0.4, -0.2) is 44.3 Å². The Hall–Kier alpha value is -1.82. The predicted octanol–water partition coefficient (Wildman–Crippen LogP) is 3.11. The Morgan fingerprint density at radius 1 is 1.30 bits per heavy atom. The average molecular weight is 322 g/mol. The summed E-state index contributed by atoms with van der Waals surface area (Å²) in [7, 11) is 1.58. The Balaban J connectivity index is 1.64. The van der Waals surface area contributed by atoms with E-state index in [1.54, 1.807) is 7.11 Å². The highest BCUT2D eigenvalue weighted by molar-refractivity contribution is 5.91. The Labute approximate surface area is 135 Å². The van der Waals surface area contributed by atoms with Gasteiger partial charge in [0.25, 0.3) is 0 Å². The molecule has 1 aliphatic heterocycles. The van der Waals surface area contributed by atoms with Crippen molar-refractivity contribution in [3.05, 3.63) is 24.0 Å². The van der Waals surface area contributed by atoms with Crippen molar-refractivity contribution >= 4 is 11.7 Å². The predicted molar refractivity (Wildman–Crippen MR) is 85.2 cm³/mol. The number of nitrogens with zero attached hydrogens (tertiary/aromatic N) is 1. The number of fused-ring (bicyclic) bond motifs is 1. The molecule has 2 fully saturated rings. The molecule has 126 valence electrons. The smallest absolute Gasteiger partial charge is 0.321 e. The van der Waals surface area contributed by atoms with Gasteiger partial charge < -0.3 is 19.7 Å². The minimum Gasteiger partial charge on any atom is -0.489 e. The molecule has 0 unspecified atom stereocenters. The third-order valence-electron chi connectivity index (χ3n) is 4.74. The lowest BCUT2D eigenvalue weighted by molar-refractivity contribution is 0.146. The summed E-state index contributed by atoms with van der Waals surface area (Å²) in [6.45, 7) is 2.37. The topological polar surface area (TPSA) is 50.8 Å². The molecule has 1 aromatic carbocycles. The van der Waals surface area contributed by atoms with Gasteiger partial charge in [0.15, 0.2) is 0 Å². The highest BCUT2D eigenvalue weighted by Crippen LogP contribution is 2.38. The molecule has 2 amide bonds. The number of nitrogens with one attached hydrogen (secondary N) is 1. The number of carbonyl (C=O) groups excluding carboxylic acids is 1. The third-order valence-corrected chi connectivity index (χ3v) is 4.74. The molecular weight excluding hydrogens is 299 g/mol. The van der Waals surface area contributed by atoms with Crippen LogP contribution in [0.5, 0.6) is 5.75 Å². The molecule has 2 aliphatic rings. The lowest BCUT2D eigenvalue weighted by Crippen LogP contribution is -2.33. The van der Waals surface area contributed by atoms with Crippen molar-refractivity contribution in [1.82, 2.24) is 4.90 Å². The van der Waals surface area contributed by atoms with Crippen molar-refractivity contribution < 1.29 is 18.7 Å². The van der Waals surface area contributed by atoms with Crippen molar-refractivity contribution in [2.75, 3.05) is 38.7 Å². The van der Waals surface area contributed by atoms with Crippen LogP contribution < -0.4 is 10.1 Å². The van der Waals surface area contributed by atoms with Crippen molar-refractivity contribution in [2.45, 2.75) is 19.3 Å². The van der Waals surface area contributed by atoms with Crippen LogP contribution in [0.15, 0.2) is 18.2 Å². The van der Waals surface area contributed by atoms with Gasteiger partial charge in [-0.25, -0.2) is 9.18 Å². The van der Waals surface area contributed by atoms with Gasteiger partial charge in [0.2, 0.25) is 0 Å². The van der Waals surface area contributed by atoms with Gasteiger partial charge in [0, 0.05) is 26.3 Å². The number of anilines is 1. The van der Waals surface area contributed by atoms with E-state index in [9.17, 15) is 9.18 Å². The summed E-state index contributed by atoms with van der Waals surface area (Å²) in [6, 6.07) is 3.95. The number of carbonyl (C=O) groups is 1. The lowest BCUT2D eigenvalue weighted by atomic mass is 10.0. The molecule has 0 aromatic heterocycles. The monoisotopic (exact) mass is 322 g/mol. The summed E-state index contributed by atoms with van der Waals surface area (Å²) in [4.78, 5) is 14.3. The van der Waals surface area contributed by atoms with Gasteiger partial charge in [-0.15, -0.1) is 0 Å². The molecule has 3 rings (SSSR count). The maximum atomic E-state index is 13.5. The molecular formula is C17H23FN2O3. The van der Waals surface area contributed by atoms with Gasteiger partial charge in [-0.2, -0.15) is 0 Å². The Bertz CT molecular complexity index is 555. The second-order valence-electron chi connectivity index (χ2n) is 6.27. The molecule has 23 heavy (non-hydrogen) atoms. The molecule has 1 heterocycles. The quantitative estimate of drug-likeness (QED) is 0.848. The van der Waals surface area contributed by atoms with Crippen LogP contribution in [0.2, 0.25) is 0 Å². The third kappa shape index (κ3) is 3.75. The van der Waals surface area contributed by atoms with Crippen LogP contribution in [0.25, 0.3) is 0 Å². The van der Waals surface area contributed by atoms with E-state index in [2.05, 4.69) is 5.32 Å². The fraction of sp³-hybridized carbons (Fsp3) is 0.588. The van der Waals surface area contributed by atoms with Gasteiger partial charge in [-0.1, -0.05) is 6.42 Å². The highest BCUT2D eigenvalue weighted by Gasteiger charge is 2.38. The Morgan fingerprint density at radius 2 is 2.04 bits per heavy atom. The largest absolute Gasteiger partial charge is 0.489 e. The first-order chi connectivity index (χ1) is 11.2. The summed E-state index contributed by atoms with van der Waals surface area (Å²) >= 11 is 0. The zero-order chi connectivity index (χ0) is 16.2. The van der Waals surface area contributed by atoms with E-state index < -0.39 is 5.82 Å². The van der Waals surface area contributed by atoms with E-state index >= 15 is 0 Å². The van der Waals surface area contributed by atoms with Crippen LogP contribution in [0.4, 0.5) is 14.9 Å². The van der Waals surface area contributed by atoms with Gasteiger partial charge in [-0.05, 0) is 36.8 Å². The van der Waals surface area contributed by atoms with Gasteiger partial charge in [0.05, 0.1) is 12.3 Å². The first kappa shape index (κ1) is 16.1. The maximum absolute atomic E-state index is 13.5. The van der Waals surface area contributed by atoms with E-state index in [0.29, 0.717) is 36.5 Å². The molecule has 1 saturated heterocycles. The highest BCUT2D eigenvalue weighted by atomic mass is 19.1. The fourth-order valence-electron chi connectivity index (χ4n) is 3.56. The van der Waals surface area contributed by atoms with Crippen molar-refractivity contribution in [1.29, 1.82) is 0 Å². The zero-order valence-corrected chi connectivity index (χ0v) is 13.4. The first-order valence-electron chi connectivity index (χ1n) is 8.14. The summed E-state index contributed by atoms with van der Waals surface area (Å²) < 4.78 is 24.0. The molecule has 5 nitrogen and oxygen atoms in total. The van der Waals surface area contributed by atoms with Gasteiger partial charge in [0.1, 0.15) is 18.2 Å². The molecule has 1 saturated carbocycles. The number of methoxy groups -OCH3 is 1. The molecule has 6 heteroatoms. The molecule has 1 N–H and O–H groups in total. The van der Waals surface area contributed by atoms with Crippen molar-refractivity contribution in [3.63, 3.8) is 0 Å². The Morgan fingerprint density at radius 3 is 2.74 bits per heavy atom. The fourth-order valence-corrected chi connectivity index (χ4v) is 3.56. The van der Waals surface area contributed by atoms with Crippen molar-refractivity contribution in [3.8, 4) is 5.75 Å². The van der Waals surface area contributed by atoms with E-state index in [1.165, 1.54) is 37.5 Å². The summed E-state index contributed by atoms with van der Waals surface area (Å²) in [5.74, 6) is 1.31. The average Bonchev–Trinajstić information content (AvgIpc) is 3.11. The maximum Gasteiger partial charge on any atom is 0.321 e. The summed E-state index contributed by atoms with van der Waals surface area (Å²) in [6.07, 6.45) is 3.69. The molecule has 0 spiro atoms. The summed E-state index contributed by atoms with van der Waals surface area (Å²) in [5, 5.41) is 2.79. The van der Waals surface area contributed by atoms with E-state index in [4.69, 9.17) is 9.47 Å². The molecule has 0 bridgehead atoms. The standard InChI is InChI=1S/C17H23FN2O3/c1-22-7-8-23-16-6-5-14(18)9-15(16)19-17(21)20-10-12-3-2-4-13(12)11-20/h5-6,9,12-13H,2-4,7-8,10-11H2,1H3,(H,19,21)/t12-,13+. The van der Waals surface area contributed by atoms with Crippen LogP contribution in [-0.2, 0) is 4.74 Å². The number of rotatable bonds is 5. The minimum absolute atomic E-state index is 0.179. The lowest BCUT2D eigenvalue weighted by Gasteiger charge is -2.19. The number of likely N-dealkylation sites (tertiary alicyclic amines) is 1. The van der Waals surface area contributed by atoms with Gasteiger partial charge >= 0.3 is 6.03 Å². The second-order valence-corrected chi connectivity index (χ2v) is 6.27. The normalized spacial score (nSPS) is 23.0. The molecule has 2 atom stereocenters. The SMILES string of the molecule is COCCOc1ccc(F)cc1NC(=O)N1C[C@H]2CCC[C@H]2C1. The van der Waals surface area contributed by atoms with E-state index in [0.717, 1.165) is 13.1 Å². The van der Waals surface area contributed by atoms with E-state index in [-0.39, 0.29) is 6.03 Å². The summed E-state index contributed by atoms with van der Waals surface area (Å²) in [5.41, 5.74) is 0.364. The number of urea groups is 1. The van der Waals surface area contributed by atoms with Gasteiger partial charge in [-0.3, -0.25) is 0 Å². The van der Waals surface area contributed by atoms with E-state index in [1.807, 2.05) is 4.90 Å². The zero-order valence-electron chi connectivity index (χ0n) is 13.4. The Kier molecular flexibility index (Phi) is 5.00. The molecule has 0 radical (unpaired) electrons. The van der Waals surface area contributed by atoms with Crippen LogP contribution in [0.1, 0.15) is 19.3 Å². The van der Waals surface area contributed by atoms with Crippen LogP contribution in [0, 0.1) is 17.7 Å². The van der Waals surface area contributed by atoms with Crippen LogP contribution >= 0.6 is 0 Å². The number of halogens is 1. The number of amides is 2. The molecule has 1 aliphatic carbocycles. The molecule has 1 aromatic rings. The first-order valence-corrected chi connectivity index (χ1v) is 8.14. The second kappa shape index (κ2) is 7.17. The minimum atomic E-state index is -0.405. The van der Waals surface area contributed by atoms with Crippen molar-refractivity contribution in [2.24, 2.45) is 11.8 Å². The van der Waals surface area contributed by atoms with Crippen LogP contribution in [0.3, 0.4) is 0 Å². The number of benzene rings is 1.